The molecular weight excluding hydrogens is 719 g/mol. The molecule has 0 fully saturated rings. The van der Waals surface area contributed by atoms with Crippen LogP contribution in [-0.4, -0.2) is 57.9 Å². The van der Waals surface area contributed by atoms with Gasteiger partial charge in [-0.1, -0.05) is 117 Å². The van der Waals surface area contributed by atoms with E-state index in [1.165, 1.54) is 12.5 Å². The number of imidazole rings is 1. The number of hydrogen-bond acceptors (Lipinski definition) is 8. The minimum absolute atomic E-state index is 0.0277. The number of rotatable bonds is 18. The van der Waals surface area contributed by atoms with Crippen LogP contribution in [0.5, 0.6) is 0 Å². The number of carbonyl (C=O) groups excluding carboxylic acids is 4. The molecule has 13 nitrogen and oxygen atoms in total. The second-order valence-electron chi connectivity index (χ2n) is 13.2. The third-order valence-corrected chi connectivity index (χ3v) is 9.33. The fraction of sp³-hybridized carbons (Fsp3) is 0.268. The molecule has 1 aromatic heterocycles. The van der Waals surface area contributed by atoms with Gasteiger partial charge in [-0.3, -0.25) is 14.4 Å². The SMILES string of the molecule is [2H]N(C(=O)OCc1ccccc1)[C@H](Cc1cccc2ccccc12)C(=O)N[C@@H](Cc1cnc[nH]1)C(=O)NC(CC(C)C)O[P+]([O-])=CC(=O)NCc1ccccc1. The summed E-state index contributed by atoms with van der Waals surface area (Å²) in [6.07, 6.45) is 0.881. The number of aromatic amines is 1. The maximum absolute atomic E-state index is 14.3. The predicted molar refractivity (Wildman–Crippen MR) is 209 cm³/mol. The Hall–Kier alpha value is -5.88. The highest BCUT2D eigenvalue weighted by Gasteiger charge is 2.31. The van der Waals surface area contributed by atoms with Crippen LogP contribution in [0.15, 0.2) is 116 Å². The van der Waals surface area contributed by atoms with Gasteiger partial charge in [0.05, 0.1) is 6.33 Å². The molecule has 2 unspecified atom stereocenters. The van der Waals surface area contributed by atoms with E-state index >= 15 is 0 Å². The average molecular weight is 766 g/mol. The molecule has 0 aliphatic carbocycles. The molecule has 1 heterocycles. The monoisotopic (exact) mass is 765 g/mol. The van der Waals surface area contributed by atoms with Crippen molar-refractivity contribution in [2.45, 2.75) is 64.6 Å². The van der Waals surface area contributed by atoms with Crippen molar-refractivity contribution in [3.05, 3.63) is 138 Å². The predicted octanol–water partition coefficient (Wildman–Crippen LogP) is 4.42. The van der Waals surface area contributed by atoms with Gasteiger partial charge in [0.15, 0.2) is 7.64 Å². The van der Waals surface area contributed by atoms with Crippen molar-refractivity contribution < 1.29 is 34.7 Å². The normalized spacial score (nSPS) is 13.3. The number of hydrogen-bond donors (Lipinski definition) is 5. The van der Waals surface area contributed by atoms with Gasteiger partial charge in [-0.15, -0.1) is 0 Å². The van der Waals surface area contributed by atoms with Crippen LogP contribution in [0.1, 0.15) is 42.7 Å². The topological polar surface area (TPSA) is 187 Å². The van der Waals surface area contributed by atoms with E-state index in [-0.39, 0.29) is 38.3 Å². The Labute approximate surface area is 322 Å². The number of benzene rings is 4. The van der Waals surface area contributed by atoms with Gasteiger partial charge in [-0.25, -0.2) is 9.78 Å². The molecule has 55 heavy (non-hydrogen) atoms. The van der Waals surface area contributed by atoms with E-state index in [0.717, 1.165) is 22.1 Å². The summed E-state index contributed by atoms with van der Waals surface area (Å²) in [5.74, 6) is -1.20. The standard InChI is InChI=1S/C41H45N6O7P/c1-28(2)20-38(54-55(52)26-37(48)43-23-29-12-5-3-6-13-29)47-40(50)36(22-33-24-42-27-44-33)45-39(49)35(46-41(51)53-25-30-14-7-4-8-15-30)21-32-18-11-17-31-16-9-10-19-34(31)32/h3-19,24,26-28,35-36,38H,20-23,25H2,1-2H3,(H,42,44)(H,43,48)(H,45,49)(H,46,51)(H,47,50)/t35-,36+,38?/m1/s1/i/hD. The highest BCUT2D eigenvalue weighted by Crippen LogP contribution is 2.21. The van der Waals surface area contributed by atoms with Crippen LogP contribution in [0.3, 0.4) is 0 Å². The first-order chi connectivity index (χ1) is 27.0. The Balaban J connectivity index is 1.35. The Morgan fingerprint density at radius 1 is 0.855 bits per heavy atom. The molecular formula is C41H45N6O7P. The molecule has 0 bridgehead atoms. The number of fused-ring (bicyclic) bond motifs is 1. The Morgan fingerprint density at radius 3 is 2.24 bits per heavy atom. The molecule has 0 aliphatic rings. The summed E-state index contributed by atoms with van der Waals surface area (Å²) in [5.41, 5.74) is 2.77. The summed E-state index contributed by atoms with van der Waals surface area (Å²) in [7, 11) is -2.66. The van der Waals surface area contributed by atoms with Gasteiger partial charge in [-0.2, -0.15) is 4.52 Å². The summed E-state index contributed by atoms with van der Waals surface area (Å²) in [6, 6.07) is 28.6. The van der Waals surface area contributed by atoms with Gasteiger partial charge in [0, 0.05) is 31.3 Å². The zero-order chi connectivity index (χ0) is 39.9. The first-order valence-corrected chi connectivity index (χ1v) is 19.1. The fourth-order valence-electron chi connectivity index (χ4n) is 5.75. The number of carbonyl (C=O) groups is 4. The third-order valence-electron chi connectivity index (χ3n) is 8.43. The molecule has 0 saturated carbocycles. The largest absolute Gasteiger partial charge is 0.603 e. The molecule has 0 radical (unpaired) electrons. The Bertz CT molecular complexity index is 2080. The lowest BCUT2D eigenvalue weighted by Gasteiger charge is -2.25. The summed E-state index contributed by atoms with van der Waals surface area (Å²) in [4.78, 5) is 74.0. The van der Waals surface area contributed by atoms with Crippen LogP contribution in [0, 0.1) is 5.92 Å². The highest BCUT2D eigenvalue weighted by atomic mass is 31.1. The van der Waals surface area contributed by atoms with Crippen LogP contribution < -0.4 is 26.2 Å². The minimum atomic E-state index is -2.66. The van der Waals surface area contributed by atoms with E-state index in [2.05, 4.69) is 25.9 Å². The maximum Gasteiger partial charge on any atom is 0.408 e. The van der Waals surface area contributed by atoms with E-state index in [9.17, 15) is 24.1 Å². The smallest absolute Gasteiger partial charge is 0.408 e. The molecule has 5 aromatic rings. The van der Waals surface area contributed by atoms with Crippen molar-refractivity contribution in [1.29, 1.82) is 0 Å². The molecule has 286 valence electrons. The number of H-pyrrole nitrogens is 1. The molecule has 0 spiro atoms. The van der Waals surface area contributed by atoms with E-state index in [4.69, 9.17) is 10.7 Å². The molecule has 4 atom stereocenters. The van der Waals surface area contributed by atoms with Crippen molar-refractivity contribution in [2.24, 2.45) is 5.92 Å². The second kappa shape index (κ2) is 20.5. The van der Waals surface area contributed by atoms with Crippen molar-refractivity contribution in [2.75, 3.05) is 0 Å². The Morgan fingerprint density at radius 2 is 1.53 bits per heavy atom. The van der Waals surface area contributed by atoms with Crippen LogP contribution in [0.2, 0.25) is 1.41 Å². The zero-order valence-electron chi connectivity index (χ0n) is 31.6. The van der Waals surface area contributed by atoms with Crippen LogP contribution in [0.4, 0.5) is 4.79 Å². The average Bonchev–Trinajstić information content (AvgIpc) is 3.71. The second-order valence-corrected chi connectivity index (χ2v) is 14.3. The molecule has 0 aliphatic heterocycles. The van der Waals surface area contributed by atoms with E-state index in [1.54, 1.807) is 24.3 Å². The van der Waals surface area contributed by atoms with Gasteiger partial charge < -0.3 is 35.9 Å². The van der Waals surface area contributed by atoms with Crippen LogP contribution in [-0.2, 0) is 49.6 Å². The highest BCUT2D eigenvalue weighted by molar-refractivity contribution is 7.47. The van der Waals surface area contributed by atoms with Gasteiger partial charge >= 0.3 is 6.09 Å². The lowest BCUT2D eigenvalue weighted by molar-refractivity contribution is -0.177. The molecule has 4 amide bonds. The van der Waals surface area contributed by atoms with Crippen molar-refractivity contribution in [3.63, 3.8) is 0 Å². The van der Waals surface area contributed by atoms with E-state index < -0.39 is 50.1 Å². The molecule has 5 N–H and O–H groups in total. The first-order valence-electron chi connectivity index (χ1n) is 18.3. The van der Waals surface area contributed by atoms with Crippen LogP contribution in [0.25, 0.3) is 10.8 Å². The van der Waals surface area contributed by atoms with Crippen LogP contribution >= 0.6 is 8.00 Å². The van der Waals surface area contributed by atoms with Crippen molar-refractivity contribution in [1.82, 2.24) is 31.2 Å². The molecule has 14 heteroatoms. The number of alkyl carbamates (subject to hydrolysis) is 1. The zero-order valence-corrected chi connectivity index (χ0v) is 31.5. The Kier molecular flexibility index (Phi) is 14.5. The molecule has 5 rings (SSSR count). The van der Waals surface area contributed by atoms with Gasteiger partial charge in [0.1, 0.15) is 18.7 Å². The lowest BCUT2D eigenvalue weighted by atomic mass is 9.98. The number of aromatic nitrogens is 2. The summed E-state index contributed by atoms with van der Waals surface area (Å²) < 4.78 is 19.9. The number of nitrogens with zero attached hydrogens (tertiary/aromatic N) is 1. The summed E-state index contributed by atoms with van der Waals surface area (Å²) >= 11 is 0. The third kappa shape index (κ3) is 13.2. The number of ether oxygens (including phenoxy) is 1. The van der Waals surface area contributed by atoms with Crippen molar-refractivity contribution in [3.8, 4) is 0 Å². The lowest BCUT2D eigenvalue weighted by Crippen LogP contribution is -2.56. The van der Waals surface area contributed by atoms with Gasteiger partial charge in [0.25, 0.3) is 5.91 Å². The van der Waals surface area contributed by atoms with E-state index in [0.29, 0.717) is 22.1 Å². The molecule has 4 aromatic carbocycles. The first kappa shape index (κ1) is 38.8. The molecule has 0 saturated heterocycles. The maximum atomic E-state index is 14.3. The summed E-state index contributed by atoms with van der Waals surface area (Å²) in [6.45, 7) is 3.87. The van der Waals surface area contributed by atoms with E-state index in [1.807, 2.05) is 92.7 Å². The number of nitrogens with one attached hydrogen (secondary N) is 5. The fourth-order valence-corrected chi connectivity index (χ4v) is 6.48. The number of amides is 4. The van der Waals surface area contributed by atoms with Crippen molar-refractivity contribution >= 4 is 48.4 Å². The van der Waals surface area contributed by atoms with Gasteiger partial charge in [0.2, 0.25) is 25.6 Å². The summed E-state index contributed by atoms with van der Waals surface area (Å²) in [5, 5.41) is 10.4. The minimum Gasteiger partial charge on any atom is -0.603 e. The van der Waals surface area contributed by atoms with Gasteiger partial charge in [-0.05, 0) is 39.8 Å². The quantitative estimate of drug-likeness (QED) is 0.0641.